The molecule has 0 aromatic carbocycles. The van der Waals surface area contributed by atoms with Crippen molar-refractivity contribution in [3.05, 3.63) is 0 Å². The lowest BCUT2D eigenvalue weighted by Gasteiger charge is -2.35. The van der Waals surface area contributed by atoms with Crippen LogP contribution in [0.5, 0.6) is 0 Å². The van der Waals surface area contributed by atoms with Crippen molar-refractivity contribution < 1.29 is 20.1 Å². The van der Waals surface area contributed by atoms with E-state index < -0.39 is 12.2 Å². The molecule has 72 valence electrons. The van der Waals surface area contributed by atoms with Crippen LogP contribution in [-0.4, -0.2) is 47.3 Å². The smallest absolute Gasteiger partial charge is 0.0851 e. The molecule has 12 heavy (non-hydrogen) atoms. The van der Waals surface area contributed by atoms with E-state index in [2.05, 4.69) is 0 Å². The molecule has 1 fully saturated rings. The minimum absolute atomic E-state index is 0.0412. The topological polar surface area (TPSA) is 69.9 Å². The number of rotatable bonds is 2. The van der Waals surface area contributed by atoms with Crippen LogP contribution in [0.25, 0.3) is 0 Å². The molecule has 4 unspecified atom stereocenters. The monoisotopic (exact) mass is 176 g/mol. The van der Waals surface area contributed by atoms with Crippen LogP contribution >= 0.6 is 0 Å². The summed E-state index contributed by atoms with van der Waals surface area (Å²) in [6, 6.07) is 0. The Morgan fingerprint density at radius 2 is 2.00 bits per heavy atom. The third-order valence-corrected chi connectivity index (χ3v) is 2.52. The minimum Gasteiger partial charge on any atom is -0.396 e. The lowest BCUT2D eigenvalue weighted by Crippen LogP contribution is -2.44. The lowest BCUT2D eigenvalue weighted by atomic mass is 9.83. The van der Waals surface area contributed by atoms with Crippen molar-refractivity contribution in [2.24, 2.45) is 5.92 Å². The van der Waals surface area contributed by atoms with Gasteiger partial charge in [-0.3, -0.25) is 0 Å². The van der Waals surface area contributed by atoms with Gasteiger partial charge in [0.25, 0.3) is 0 Å². The van der Waals surface area contributed by atoms with Gasteiger partial charge in [-0.15, -0.1) is 0 Å². The molecule has 4 atom stereocenters. The summed E-state index contributed by atoms with van der Waals surface area (Å²) in [5.74, 6) is -0.251. The maximum Gasteiger partial charge on any atom is 0.0851 e. The van der Waals surface area contributed by atoms with Crippen molar-refractivity contribution in [3.8, 4) is 0 Å². The Morgan fingerprint density at radius 3 is 2.50 bits per heavy atom. The Morgan fingerprint density at radius 1 is 1.33 bits per heavy atom. The molecule has 3 N–H and O–H groups in total. The molecule has 4 heteroatoms. The first-order valence-electron chi connectivity index (χ1n) is 4.18. The van der Waals surface area contributed by atoms with E-state index >= 15 is 0 Å². The van der Waals surface area contributed by atoms with Gasteiger partial charge in [0.2, 0.25) is 0 Å². The molecule has 0 radical (unpaired) electrons. The summed E-state index contributed by atoms with van der Waals surface area (Å²) in [5, 5.41) is 27.6. The fourth-order valence-corrected chi connectivity index (χ4v) is 1.67. The second kappa shape index (κ2) is 4.18. The highest BCUT2D eigenvalue weighted by atomic mass is 16.5. The zero-order valence-electron chi connectivity index (χ0n) is 7.18. The number of ether oxygens (including phenoxy) is 1. The van der Waals surface area contributed by atoms with E-state index in [1.165, 1.54) is 0 Å². The average molecular weight is 176 g/mol. The van der Waals surface area contributed by atoms with E-state index in [0.29, 0.717) is 12.8 Å². The van der Waals surface area contributed by atoms with Gasteiger partial charge in [0.05, 0.1) is 18.3 Å². The fourth-order valence-electron chi connectivity index (χ4n) is 1.67. The molecule has 1 aliphatic carbocycles. The van der Waals surface area contributed by atoms with Gasteiger partial charge in [-0.2, -0.15) is 0 Å². The zero-order chi connectivity index (χ0) is 9.14. The Balaban J connectivity index is 2.52. The largest absolute Gasteiger partial charge is 0.396 e. The third-order valence-electron chi connectivity index (χ3n) is 2.52. The molecule has 1 rings (SSSR count). The number of hydrogen-bond donors (Lipinski definition) is 3. The maximum absolute atomic E-state index is 9.39. The van der Waals surface area contributed by atoms with Crippen LogP contribution < -0.4 is 0 Å². The van der Waals surface area contributed by atoms with Gasteiger partial charge in [-0.05, 0) is 6.42 Å². The first-order valence-corrected chi connectivity index (χ1v) is 4.18. The van der Waals surface area contributed by atoms with E-state index in [0.717, 1.165) is 0 Å². The summed E-state index contributed by atoms with van der Waals surface area (Å²) >= 11 is 0. The predicted octanol–water partition coefficient (Wildman–Crippen LogP) is -0.875. The van der Waals surface area contributed by atoms with E-state index in [-0.39, 0.29) is 18.6 Å². The van der Waals surface area contributed by atoms with E-state index in [1.54, 1.807) is 7.11 Å². The molecule has 0 saturated heterocycles. The molecule has 0 aromatic heterocycles. The van der Waals surface area contributed by atoms with Crippen molar-refractivity contribution in [2.75, 3.05) is 13.7 Å². The number of hydrogen-bond acceptors (Lipinski definition) is 4. The Labute approximate surface area is 71.8 Å². The van der Waals surface area contributed by atoms with Gasteiger partial charge >= 0.3 is 0 Å². The molecule has 0 heterocycles. The molecule has 0 spiro atoms. The highest BCUT2D eigenvalue weighted by Crippen LogP contribution is 2.26. The number of aliphatic hydroxyl groups is 3. The number of methoxy groups -OCH3 is 1. The molecule has 0 aromatic rings. The molecule has 4 nitrogen and oxygen atoms in total. The molecular formula is C8H16O4. The molecule has 0 amide bonds. The van der Waals surface area contributed by atoms with Crippen LogP contribution in [0, 0.1) is 5.92 Å². The van der Waals surface area contributed by atoms with Crippen LogP contribution in [0.3, 0.4) is 0 Å². The Kier molecular flexibility index (Phi) is 3.46. The van der Waals surface area contributed by atoms with Gasteiger partial charge in [-0.1, -0.05) is 0 Å². The first kappa shape index (κ1) is 9.92. The quantitative estimate of drug-likeness (QED) is 0.511. The second-order valence-electron chi connectivity index (χ2n) is 3.33. The fraction of sp³-hybridized carbons (Fsp3) is 1.00. The molecule has 0 bridgehead atoms. The van der Waals surface area contributed by atoms with Crippen LogP contribution in [0.15, 0.2) is 0 Å². The van der Waals surface area contributed by atoms with Crippen molar-refractivity contribution in [2.45, 2.75) is 31.2 Å². The van der Waals surface area contributed by atoms with Crippen LogP contribution in [0.1, 0.15) is 12.8 Å². The van der Waals surface area contributed by atoms with Crippen LogP contribution in [0.2, 0.25) is 0 Å². The third kappa shape index (κ3) is 1.95. The van der Waals surface area contributed by atoms with Crippen molar-refractivity contribution in [1.82, 2.24) is 0 Å². The van der Waals surface area contributed by atoms with Gasteiger partial charge < -0.3 is 20.1 Å². The average Bonchev–Trinajstić information content (AvgIpc) is 2.09. The number of aliphatic hydroxyl groups excluding tert-OH is 3. The molecule has 1 saturated carbocycles. The minimum atomic E-state index is -0.804. The molecular weight excluding hydrogens is 160 g/mol. The predicted molar refractivity (Wildman–Crippen MR) is 42.6 cm³/mol. The highest BCUT2D eigenvalue weighted by molar-refractivity contribution is 4.86. The normalized spacial score (nSPS) is 43.0. The summed E-state index contributed by atoms with van der Waals surface area (Å²) in [6.07, 6.45) is -0.540. The van der Waals surface area contributed by atoms with Crippen LogP contribution in [-0.2, 0) is 4.74 Å². The van der Waals surface area contributed by atoms with Crippen molar-refractivity contribution in [1.29, 1.82) is 0 Å². The standard InChI is InChI=1S/C8H16O4/c1-12-6-2-5(4-9)8(11)7(10)3-6/h5-11H,2-4H2,1H3. The SMILES string of the molecule is COC1CC(O)C(O)C(CO)C1. The zero-order valence-corrected chi connectivity index (χ0v) is 7.18. The summed E-state index contributed by atoms with van der Waals surface area (Å²) < 4.78 is 5.06. The first-order chi connectivity index (χ1) is 5.69. The summed E-state index contributed by atoms with van der Waals surface area (Å²) in [4.78, 5) is 0. The molecule has 0 aliphatic heterocycles. The highest BCUT2D eigenvalue weighted by Gasteiger charge is 2.35. The maximum atomic E-state index is 9.39. The summed E-state index contributed by atoms with van der Waals surface area (Å²) in [5.41, 5.74) is 0. The van der Waals surface area contributed by atoms with Crippen LogP contribution in [0.4, 0.5) is 0 Å². The summed E-state index contributed by atoms with van der Waals surface area (Å²) in [7, 11) is 1.57. The van der Waals surface area contributed by atoms with Crippen molar-refractivity contribution in [3.63, 3.8) is 0 Å². The van der Waals surface area contributed by atoms with Gasteiger partial charge in [-0.25, -0.2) is 0 Å². The van der Waals surface area contributed by atoms with Gasteiger partial charge in [0, 0.05) is 26.1 Å². The van der Waals surface area contributed by atoms with Gasteiger partial charge in [0.1, 0.15) is 0 Å². The van der Waals surface area contributed by atoms with Crippen molar-refractivity contribution >= 4 is 0 Å². The second-order valence-corrected chi connectivity index (χ2v) is 3.33. The molecule has 1 aliphatic rings. The lowest BCUT2D eigenvalue weighted by molar-refractivity contribution is -0.103. The Hall–Kier alpha value is -0.160. The van der Waals surface area contributed by atoms with E-state index in [4.69, 9.17) is 9.84 Å². The Bertz CT molecular complexity index is 139. The van der Waals surface area contributed by atoms with E-state index in [9.17, 15) is 10.2 Å². The van der Waals surface area contributed by atoms with Gasteiger partial charge in [0.15, 0.2) is 0 Å². The van der Waals surface area contributed by atoms with E-state index in [1.807, 2.05) is 0 Å². The summed E-state index contributed by atoms with van der Waals surface area (Å²) in [6.45, 7) is -0.0991.